The second-order valence-corrected chi connectivity index (χ2v) is 4.71. The van der Waals surface area contributed by atoms with Crippen LogP contribution in [0.5, 0.6) is 23.0 Å². The zero-order chi connectivity index (χ0) is 14.7. The van der Waals surface area contributed by atoms with Crippen molar-refractivity contribution in [2.75, 3.05) is 20.0 Å². The number of hydrogen-bond donors (Lipinski definition) is 1. The lowest BCUT2D eigenvalue weighted by atomic mass is 10.2. The monoisotopic (exact) mass is 313 g/mol. The fourth-order valence-corrected chi connectivity index (χ4v) is 1.99. The van der Waals surface area contributed by atoms with Gasteiger partial charge < -0.3 is 19.9 Å². The molecule has 2 rings (SSSR count). The van der Waals surface area contributed by atoms with Crippen LogP contribution in [0.15, 0.2) is 30.3 Å². The first-order valence-corrected chi connectivity index (χ1v) is 6.45. The van der Waals surface area contributed by atoms with Crippen molar-refractivity contribution in [3.05, 3.63) is 40.4 Å². The van der Waals surface area contributed by atoms with Crippen molar-refractivity contribution in [1.82, 2.24) is 0 Å². The Morgan fingerprint density at radius 1 is 0.900 bits per heavy atom. The van der Waals surface area contributed by atoms with Gasteiger partial charge in [-0.25, -0.2) is 0 Å². The molecule has 0 atom stereocenters. The first-order chi connectivity index (χ1) is 9.56. The van der Waals surface area contributed by atoms with Crippen LogP contribution in [0.1, 0.15) is 0 Å². The van der Waals surface area contributed by atoms with Crippen molar-refractivity contribution in [3.8, 4) is 23.0 Å². The van der Waals surface area contributed by atoms with Gasteiger partial charge in [0.2, 0.25) is 5.75 Å². The maximum Gasteiger partial charge on any atom is 0.211 e. The fourth-order valence-electron chi connectivity index (χ4n) is 1.66. The van der Waals surface area contributed by atoms with Gasteiger partial charge in [-0.3, -0.25) is 0 Å². The number of halogens is 2. The van der Waals surface area contributed by atoms with Crippen molar-refractivity contribution in [3.63, 3.8) is 0 Å². The Hall–Kier alpha value is -1.78. The summed E-state index contributed by atoms with van der Waals surface area (Å²) in [7, 11) is 3.08. The predicted octanol–water partition coefficient (Wildman–Crippen LogP) is 4.39. The molecule has 0 spiro atoms. The van der Waals surface area contributed by atoms with E-state index in [1.54, 1.807) is 38.5 Å². The molecule has 0 aliphatic carbocycles. The minimum absolute atomic E-state index is 0.352. The summed E-state index contributed by atoms with van der Waals surface area (Å²) in [6, 6.07) is 8.38. The Morgan fingerprint density at radius 3 is 2.00 bits per heavy atom. The molecular weight excluding hydrogens is 301 g/mol. The van der Waals surface area contributed by atoms with Gasteiger partial charge in [-0.15, -0.1) is 0 Å². The van der Waals surface area contributed by atoms with E-state index in [4.69, 9.17) is 43.1 Å². The van der Waals surface area contributed by atoms with Crippen molar-refractivity contribution < 1.29 is 14.2 Å². The van der Waals surface area contributed by atoms with E-state index in [1.165, 1.54) is 6.07 Å². The van der Waals surface area contributed by atoms with E-state index >= 15 is 0 Å². The van der Waals surface area contributed by atoms with Gasteiger partial charge in [0, 0.05) is 6.07 Å². The molecule has 2 aromatic rings. The first kappa shape index (κ1) is 14.6. The molecule has 0 saturated heterocycles. The second kappa shape index (κ2) is 6.11. The SMILES string of the molecule is COc1cccc(OC)c1Oc1cc(Cl)c(Cl)cc1N. The fraction of sp³-hybridized carbons (Fsp3) is 0.143. The van der Waals surface area contributed by atoms with E-state index in [0.29, 0.717) is 38.7 Å². The third-order valence-corrected chi connectivity index (χ3v) is 3.37. The molecular formula is C14H13Cl2NO3. The van der Waals surface area contributed by atoms with E-state index < -0.39 is 0 Å². The quantitative estimate of drug-likeness (QED) is 0.851. The van der Waals surface area contributed by atoms with Gasteiger partial charge in [-0.05, 0) is 18.2 Å². The molecule has 0 bridgehead atoms. The first-order valence-electron chi connectivity index (χ1n) is 5.70. The van der Waals surface area contributed by atoms with Gasteiger partial charge >= 0.3 is 0 Å². The topological polar surface area (TPSA) is 53.7 Å². The molecule has 0 aliphatic rings. The molecule has 106 valence electrons. The van der Waals surface area contributed by atoms with Crippen LogP contribution in [0.2, 0.25) is 10.0 Å². The van der Waals surface area contributed by atoms with Crippen LogP contribution >= 0.6 is 23.2 Å². The summed E-state index contributed by atoms with van der Waals surface area (Å²) >= 11 is 11.9. The smallest absolute Gasteiger partial charge is 0.211 e. The number of ether oxygens (including phenoxy) is 3. The zero-order valence-electron chi connectivity index (χ0n) is 10.9. The van der Waals surface area contributed by atoms with Crippen LogP contribution in [-0.2, 0) is 0 Å². The predicted molar refractivity (Wildman–Crippen MR) is 80.5 cm³/mol. The molecule has 2 aromatic carbocycles. The van der Waals surface area contributed by atoms with Crippen LogP contribution < -0.4 is 19.9 Å². The van der Waals surface area contributed by atoms with Crippen LogP contribution in [0.25, 0.3) is 0 Å². The molecule has 0 unspecified atom stereocenters. The molecule has 6 heteroatoms. The van der Waals surface area contributed by atoms with Crippen LogP contribution in [0, 0.1) is 0 Å². The summed E-state index contributed by atoms with van der Waals surface area (Å²) in [6.45, 7) is 0. The van der Waals surface area contributed by atoms with Crippen LogP contribution in [0.4, 0.5) is 5.69 Å². The normalized spacial score (nSPS) is 10.2. The summed E-state index contributed by atoms with van der Waals surface area (Å²) in [5.74, 6) is 1.84. The van der Waals surface area contributed by atoms with Gasteiger partial charge in [-0.1, -0.05) is 29.3 Å². The van der Waals surface area contributed by atoms with Crippen molar-refractivity contribution >= 4 is 28.9 Å². The lowest BCUT2D eigenvalue weighted by Gasteiger charge is -2.15. The highest BCUT2D eigenvalue weighted by Gasteiger charge is 2.15. The van der Waals surface area contributed by atoms with Crippen molar-refractivity contribution in [1.29, 1.82) is 0 Å². The number of benzene rings is 2. The van der Waals surface area contributed by atoms with Gasteiger partial charge in [0.1, 0.15) is 0 Å². The third-order valence-electron chi connectivity index (χ3n) is 2.65. The Kier molecular flexibility index (Phi) is 4.47. The molecule has 4 nitrogen and oxygen atoms in total. The Labute approximate surface area is 127 Å². The maximum atomic E-state index is 5.97. The Balaban J connectivity index is 2.47. The van der Waals surface area contributed by atoms with Gasteiger partial charge in [0.25, 0.3) is 0 Å². The maximum absolute atomic E-state index is 5.97. The minimum atomic E-state index is 0.352. The molecule has 0 heterocycles. The number of para-hydroxylation sites is 1. The van der Waals surface area contributed by atoms with Crippen LogP contribution in [0.3, 0.4) is 0 Å². The number of methoxy groups -OCH3 is 2. The molecule has 20 heavy (non-hydrogen) atoms. The summed E-state index contributed by atoms with van der Waals surface area (Å²) in [4.78, 5) is 0. The van der Waals surface area contributed by atoms with Gasteiger partial charge in [0.15, 0.2) is 17.2 Å². The molecule has 0 aromatic heterocycles. The lowest BCUT2D eigenvalue weighted by Crippen LogP contribution is -1.97. The average Bonchev–Trinajstić information content (AvgIpc) is 2.44. The highest BCUT2D eigenvalue weighted by molar-refractivity contribution is 6.42. The summed E-state index contributed by atoms with van der Waals surface area (Å²) in [6.07, 6.45) is 0. The standard InChI is InChI=1S/C14H13Cl2NO3/c1-18-11-4-3-5-12(19-2)14(11)20-13-7-9(16)8(15)6-10(13)17/h3-7H,17H2,1-2H3. The van der Waals surface area contributed by atoms with E-state index in [0.717, 1.165) is 0 Å². The van der Waals surface area contributed by atoms with E-state index in [1.807, 2.05) is 0 Å². The molecule has 0 aliphatic heterocycles. The van der Waals surface area contributed by atoms with Gasteiger partial charge in [-0.2, -0.15) is 0 Å². The number of rotatable bonds is 4. The number of hydrogen-bond acceptors (Lipinski definition) is 4. The van der Waals surface area contributed by atoms with Gasteiger partial charge in [0.05, 0.1) is 30.0 Å². The highest BCUT2D eigenvalue weighted by Crippen LogP contribution is 2.43. The molecule has 0 amide bonds. The molecule has 0 fully saturated rings. The van der Waals surface area contributed by atoms with E-state index in [2.05, 4.69) is 0 Å². The zero-order valence-corrected chi connectivity index (χ0v) is 12.5. The van der Waals surface area contributed by atoms with Crippen LogP contribution in [-0.4, -0.2) is 14.2 Å². The summed E-state index contributed by atoms with van der Waals surface area (Å²) in [5, 5.41) is 0.716. The Morgan fingerprint density at radius 2 is 1.45 bits per heavy atom. The summed E-state index contributed by atoms with van der Waals surface area (Å²) in [5.41, 5.74) is 6.24. The number of nitrogens with two attached hydrogens (primary N) is 1. The largest absolute Gasteiger partial charge is 0.493 e. The summed E-state index contributed by atoms with van der Waals surface area (Å²) < 4.78 is 16.3. The third kappa shape index (κ3) is 2.86. The number of anilines is 1. The average molecular weight is 314 g/mol. The van der Waals surface area contributed by atoms with E-state index in [9.17, 15) is 0 Å². The lowest BCUT2D eigenvalue weighted by molar-refractivity contribution is 0.347. The van der Waals surface area contributed by atoms with Crippen molar-refractivity contribution in [2.45, 2.75) is 0 Å². The van der Waals surface area contributed by atoms with E-state index in [-0.39, 0.29) is 0 Å². The Bertz CT molecular complexity index is 610. The molecule has 0 saturated carbocycles. The second-order valence-electron chi connectivity index (χ2n) is 3.90. The minimum Gasteiger partial charge on any atom is -0.493 e. The number of nitrogen functional groups attached to an aromatic ring is 1. The highest BCUT2D eigenvalue weighted by atomic mass is 35.5. The molecule has 2 N–H and O–H groups in total. The van der Waals surface area contributed by atoms with Crippen molar-refractivity contribution in [2.24, 2.45) is 0 Å². The molecule has 0 radical (unpaired) electrons.